The molecule has 1 N–H and O–H groups in total. The number of anilines is 1. The molecule has 1 aromatic rings. The zero-order valence-electron chi connectivity index (χ0n) is 11.6. The summed E-state index contributed by atoms with van der Waals surface area (Å²) in [6.07, 6.45) is 1.71. The Morgan fingerprint density at radius 1 is 1.23 bits per heavy atom. The maximum Gasteiger partial charge on any atom is 0.331 e. The minimum Gasteiger partial charge on any atom is -0.463 e. The Bertz CT molecular complexity index is 603. The van der Waals surface area contributed by atoms with Crippen LogP contribution in [0.15, 0.2) is 30.4 Å². The summed E-state index contributed by atoms with van der Waals surface area (Å²) in [5.74, 6) is -3.06. The second-order valence-corrected chi connectivity index (χ2v) is 4.30. The molecule has 0 radical (unpaired) electrons. The minimum atomic E-state index is -0.903. The Morgan fingerprint density at radius 3 is 2.45 bits per heavy atom. The van der Waals surface area contributed by atoms with Gasteiger partial charge in [-0.15, -0.1) is 0 Å². The van der Waals surface area contributed by atoms with Crippen molar-refractivity contribution in [3.05, 3.63) is 41.2 Å². The van der Waals surface area contributed by atoms with Crippen LogP contribution in [0, 0.1) is 5.82 Å². The number of esters is 2. The van der Waals surface area contributed by atoms with E-state index in [1.807, 2.05) is 0 Å². The maximum absolute atomic E-state index is 13.4. The van der Waals surface area contributed by atoms with Gasteiger partial charge in [-0.3, -0.25) is 4.79 Å². The lowest BCUT2D eigenvalue weighted by molar-refractivity contribution is -0.143. The van der Waals surface area contributed by atoms with E-state index in [1.54, 1.807) is 6.92 Å². The van der Waals surface area contributed by atoms with Crippen molar-refractivity contribution in [2.24, 2.45) is 0 Å². The van der Waals surface area contributed by atoms with E-state index < -0.39 is 30.3 Å². The molecule has 0 bridgehead atoms. The van der Waals surface area contributed by atoms with E-state index in [2.05, 4.69) is 14.8 Å². The first-order chi connectivity index (χ1) is 10.4. The smallest absolute Gasteiger partial charge is 0.331 e. The lowest BCUT2D eigenvalue weighted by Crippen LogP contribution is -2.20. The molecule has 0 heterocycles. The lowest BCUT2D eigenvalue weighted by Gasteiger charge is -2.06. The summed E-state index contributed by atoms with van der Waals surface area (Å²) < 4.78 is 22.6. The number of benzene rings is 1. The zero-order valence-corrected chi connectivity index (χ0v) is 12.4. The van der Waals surface area contributed by atoms with E-state index in [0.29, 0.717) is 0 Å². The number of nitrogens with one attached hydrogen (secondary N) is 1. The van der Waals surface area contributed by atoms with Crippen molar-refractivity contribution >= 4 is 35.1 Å². The predicted octanol–water partition coefficient (Wildman–Crippen LogP) is 2.08. The van der Waals surface area contributed by atoms with Crippen molar-refractivity contribution < 1.29 is 28.2 Å². The summed E-state index contributed by atoms with van der Waals surface area (Å²) >= 11 is 5.57. The number of carbonyl (C=O) groups is 3. The van der Waals surface area contributed by atoms with Gasteiger partial charge in [0.1, 0.15) is 5.82 Å². The number of carbonyl (C=O) groups excluding carboxylic acids is 3. The molecule has 118 valence electrons. The predicted molar refractivity (Wildman–Crippen MR) is 76.8 cm³/mol. The Hall–Kier alpha value is -2.41. The highest BCUT2D eigenvalue weighted by Gasteiger charge is 2.09. The SMILES string of the molecule is CCOC(=O)/C=C/C(=O)OCC(=O)Nc1ccc(Cl)cc1F. The Labute approximate surface area is 130 Å². The number of hydrogen-bond acceptors (Lipinski definition) is 5. The minimum absolute atomic E-state index is 0.0903. The van der Waals surface area contributed by atoms with Gasteiger partial charge in [0, 0.05) is 17.2 Å². The van der Waals surface area contributed by atoms with E-state index in [9.17, 15) is 18.8 Å². The summed E-state index contributed by atoms with van der Waals surface area (Å²) in [6, 6.07) is 3.71. The Balaban J connectivity index is 2.42. The molecule has 8 heteroatoms. The molecule has 1 aromatic carbocycles. The fourth-order valence-electron chi connectivity index (χ4n) is 1.29. The van der Waals surface area contributed by atoms with Gasteiger partial charge in [-0.1, -0.05) is 11.6 Å². The number of amides is 1. The molecule has 0 saturated heterocycles. The van der Waals surface area contributed by atoms with Gasteiger partial charge >= 0.3 is 11.9 Å². The van der Waals surface area contributed by atoms with E-state index in [4.69, 9.17) is 11.6 Å². The summed E-state index contributed by atoms with van der Waals surface area (Å²) in [7, 11) is 0. The molecule has 0 unspecified atom stereocenters. The molecule has 0 spiro atoms. The lowest BCUT2D eigenvalue weighted by atomic mass is 10.3. The van der Waals surface area contributed by atoms with Crippen molar-refractivity contribution in [1.82, 2.24) is 0 Å². The third-order valence-corrected chi connectivity index (χ3v) is 2.43. The first kappa shape index (κ1) is 17.6. The Morgan fingerprint density at radius 2 is 1.86 bits per heavy atom. The third-order valence-electron chi connectivity index (χ3n) is 2.19. The standard InChI is InChI=1S/C14H13ClFNO5/c1-2-21-13(19)5-6-14(20)22-8-12(18)17-11-4-3-9(15)7-10(11)16/h3-7H,2,8H2,1H3,(H,17,18)/b6-5+. The van der Waals surface area contributed by atoms with Crippen LogP contribution in [0.25, 0.3) is 0 Å². The van der Waals surface area contributed by atoms with Crippen molar-refractivity contribution in [1.29, 1.82) is 0 Å². The van der Waals surface area contributed by atoms with E-state index in [1.165, 1.54) is 12.1 Å². The van der Waals surface area contributed by atoms with Crippen LogP contribution < -0.4 is 5.32 Å². The first-order valence-corrected chi connectivity index (χ1v) is 6.56. The van der Waals surface area contributed by atoms with Gasteiger partial charge in [0.15, 0.2) is 6.61 Å². The molecular formula is C14H13ClFNO5. The van der Waals surface area contributed by atoms with Crippen LogP contribution in [-0.4, -0.2) is 31.1 Å². The van der Waals surface area contributed by atoms with Crippen LogP contribution in [0.2, 0.25) is 5.02 Å². The molecule has 0 atom stereocenters. The molecule has 0 aromatic heterocycles. The monoisotopic (exact) mass is 329 g/mol. The largest absolute Gasteiger partial charge is 0.463 e. The van der Waals surface area contributed by atoms with Gasteiger partial charge in [-0.25, -0.2) is 14.0 Å². The van der Waals surface area contributed by atoms with Crippen molar-refractivity contribution in [3.63, 3.8) is 0 Å². The normalized spacial score (nSPS) is 10.3. The topological polar surface area (TPSA) is 81.7 Å². The van der Waals surface area contributed by atoms with Gasteiger partial charge < -0.3 is 14.8 Å². The van der Waals surface area contributed by atoms with Crippen molar-refractivity contribution in [2.45, 2.75) is 6.92 Å². The molecule has 1 rings (SSSR count). The van der Waals surface area contributed by atoms with Crippen LogP contribution >= 0.6 is 11.6 Å². The average Bonchev–Trinajstić information content (AvgIpc) is 2.46. The fourth-order valence-corrected chi connectivity index (χ4v) is 1.45. The number of rotatable bonds is 6. The van der Waals surface area contributed by atoms with Crippen LogP contribution in [-0.2, 0) is 23.9 Å². The second kappa shape index (κ2) is 8.78. The van der Waals surface area contributed by atoms with Crippen LogP contribution in [0.5, 0.6) is 0 Å². The fraction of sp³-hybridized carbons (Fsp3) is 0.214. The number of ether oxygens (including phenoxy) is 2. The highest BCUT2D eigenvalue weighted by atomic mass is 35.5. The van der Waals surface area contributed by atoms with Gasteiger partial charge in [0.05, 0.1) is 12.3 Å². The van der Waals surface area contributed by atoms with Crippen LogP contribution in [0.1, 0.15) is 6.92 Å². The van der Waals surface area contributed by atoms with Gasteiger partial charge in [-0.05, 0) is 25.1 Å². The van der Waals surface area contributed by atoms with Crippen LogP contribution in [0.3, 0.4) is 0 Å². The highest BCUT2D eigenvalue weighted by Crippen LogP contribution is 2.18. The molecule has 0 aliphatic carbocycles. The second-order valence-electron chi connectivity index (χ2n) is 3.87. The highest BCUT2D eigenvalue weighted by molar-refractivity contribution is 6.30. The maximum atomic E-state index is 13.4. The van der Waals surface area contributed by atoms with E-state index in [0.717, 1.165) is 18.2 Å². The summed E-state index contributed by atoms with van der Waals surface area (Å²) in [5.41, 5.74) is -0.0903. The van der Waals surface area contributed by atoms with Gasteiger partial charge in [0.25, 0.3) is 5.91 Å². The third kappa shape index (κ3) is 6.36. The molecule has 0 saturated carbocycles. The molecule has 0 aliphatic heterocycles. The summed E-state index contributed by atoms with van der Waals surface area (Å²) in [4.78, 5) is 33.7. The van der Waals surface area contributed by atoms with E-state index >= 15 is 0 Å². The molecule has 0 aliphatic rings. The number of hydrogen-bond donors (Lipinski definition) is 1. The molecule has 1 amide bonds. The molecule has 0 fully saturated rings. The van der Waals surface area contributed by atoms with Crippen molar-refractivity contribution in [3.8, 4) is 0 Å². The van der Waals surface area contributed by atoms with Gasteiger partial charge in [0.2, 0.25) is 0 Å². The molecule has 22 heavy (non-hydrogen) atoms. The molecular weight excluding hydrogens is 317 g/mol. The first-order valence-electron chi connectivity index (χ1n) is 6.19. The Kier molecular flexibility index (Phi) is 7.04. The van der Waals surface area contributed by atoms with Gasteiger partial charge in [-0.2, -0.15) is 0 Å². The summed E-state index contributed by atoms with van der Waals surface area (Å²) in [5, 5.41) is 2.40. The quantitative estimate of drug-likeness (QED) is 0.638. The average molecular weight is 330 g/mol. The van der Waals surface area contributed by atoms with Crippen molar-refractivity contribution in [2.75, 3.05) is 18.5 Å². The molecule has 6 nitrogen and oxygen atoms in total. The zero-order chi connectivity index (χ0) is 16.5. The van der Waals surface area contributed by atoms with E-state index in [-0.39, 0.29) is 17.3 Å². The number of halogens is 2. The van der Waals surface area contributed by atoms with Crippen LogP contribution in [0.4, 0.5) is 10.1 Å². The summed E-state index contributed by atoms with van der Waals surface area (Å²) in [6.45, 7) is 1.16.